The van der Waals surface area contributed by atoms with Crippen LogP contribution in [0, 0.1) is 16.0 Å². The number of carboxylic acid groups (broad SMARTS) is 1. The van der Waals surface area contributed by atoms with E-state index in [-0.39, 0.29) is 48.3 Å². The lowest BCUT2D eigenvalue weighted by Gasteiger charge is -2.25. The van der Waals surface area contributed by atoms with E-state index in [2.05, 4.69) is 26.3 Å². The number of guanidine groups is 1. The van der Waals surface area contributed by atoms with Crippen LogP contribution in [0.15, 0.2) is 52.4 Å². The van der Waals surface area contributed by atoms with Gasteiger partial charge in [0, 0.05) is 23.9 Å². The maximum atomic E-state index is 13.7. The number of hydrogen-bond acceptors (Lipinski definition) is 12. The highest BCUT2D eigenvalue weighted by atomic mass is 32.2. The van der Waals surface area contributed by atoms with Gasteiger partial charge in [-0.2, -0.15) is 0 Å². The van der Waals surface area contributed by atoms with Gasteiger partial charge in [0.2, 0.25) is 28.7 Å². The predicted molar refractivity (Wildman–Crippen MR) is 195 cm³/mol. The third kappa shape index (κ3) is 15.2. The summed E-state index contributed by atoms with van der Waals surface area (Å²) in [6, 6.07) is 4.53. The number of nitrogens with one attached hydrogen (secondary N) is 4. The van der Waals surface area contributed by atoms with Crippen LogP contribution in [0.4, 0.5) is 5.69 Å². The van der Waals surface area contributed by atoms with Crippen LogP contribution in [0.5, 0.6) is 5.75 Å². The lowest BCUT2D eigenvalue weighted by molar-refractivity contribution is -0.385. The molecule has 20 heteroatoms. The summed E-state index contributed by atoms with van der Waals surface area (Å²) in [4.78, 5) is 91.0. The number of rotatable bonds is 20. The predicted octanol–water partition coefficient (Wildman–Crippen LogP) is -0.122. The molecule has 0 aliphatic heterocycles. The molecular formula is C33H45N9O10S. The molecule has 4 amide bonds. The number of amides is 4. The summed E-state index contributed by atoms with van der Waals surface area (Å²) in [5.74, 6) is -4.51. The van der Waals surface area contributed by atoms with E-state index in [9.17, 15) is 49.1 Å². The van der Waals surface area contributed by atoms with Gasteiger partial charge in [-0.3, -0.25) is 39.1 Å². The number of benzene rings is 2. The molecule has 0 aromatic heterocycles. The number of hydrogen-bond donors (Lipinski definition) is 9. The molecule has 12 N–H and O–H groups in total. The zero-order valence-corrected chi connectivity index (χ0v) is 30.2. The number of carbonyl (C=O) groups excluding carboxylic acids is 5. The highest BCUT2D eigenvalue weighted by Gasteiger charge is 2.30. The number of nitrogens with two attached hydrogens (primary N) is 3. The topological polar surface area (TPSA) is 325 Å². The molecule has 4 atom stereocenters. The number of carbonyl (C=O) groups is 6. The third-order valence-corrected chi connectivity index (χ3v) is 8.30. The van der Waals surface area contributed by atoms with Crippen LogP contribution in [-0.4, -0.2) is 93.1 Å². The molecule has 0 heterocycles. The lowest BCUT2D eigenvalue weighted by atomic mass is 10.0. The Labute approximate surface area is 309 Å². The Hall–Kier alpha value is -5.76. The van der Waals surface area contributed by atoms with E-state index in [0.29, 0.717) is 23.7 Å². The second kappa shape index (κ2) is 20.9. The fourth-order valence-electron chi connectivity index (χ4n) is 4.78. The summed E-state index contributed by atoms with van der Waals surface area (Å²) in [5.41, 5.74) is 16.2. The average molecular weight is 760 g/mol. The minimum Gasteiger partial charge on any atom is -0.508 e. The Morgan fingerprint density at radius 3 is 2.11 bits per heavy atom. The normalized spacial score (nSPS) is 13.1. The number of nitro benzene ring substituents is 1. The molecule has 288 valence electrons. The molecular weight excluding hydrogens is 714 g/mol. The minimum atomic E-state index is -1.56. The summed E-state index contributed by atoms with van der Waals surface area (Å²) >= 11 is 0.547. The monoisotopic (exact) mass is 759 g/mol. The van der Waals surface area contributed by atoms with E-state index < -0.39 is 81.6 Å². The Morgan fingerprint density at radius 1 is 0.906 bits per heavy atom. The van der Waals surface area contributed by atoms with Crippen molar-refractivity contribution < 1.29 is 43.9 Å². The zero-order valence-electron chi connectivity index (χ0n) is 29.4. The van der Waals surface area contributed by atoms with E-state index in [1.54, 1.807) is 12.1 Å². The number of phenols is 1. The van der Waals surface area contributed by atoms with E-state index >= 15 is 0 Å². The van der Waals surface area contributed by atoms with Crippen LogP contribution in [0.2, 0.25) is 0 Å². The van der Waals surface area contributed by atoms with Crippen molar-refractivity contribution >= 4 is 58.1 Å². The third-order valence-electron chi connectivity index (χ3n) is 7.44. The second-order valence-corrected chi connectivity index (χ2v) is 13.5. The summed E-state index contributed by atoms with van der Waals surface area (Å²) in [5, 5.41) is 39.5. The average Bonchev–Trinajstić information content (AvgIpc) is 3.08. The number of phenolic OH excluding ortho intramolecular Hbond substituents is 1. The summed E-state index contributed by atoms with van der Waals surface area (Å²) in [6.45, 7) is 4.68. The highest BCUT2D eigenvalue weighted by molar-refractivity contribution is 8.13. The van der Waals surface area contributed by atoms with Crippen molar-refractivity contribution in [3.8, 4) is 5.75 Å². The molecule has 0 spiro atoms. The van der Waals surface area contributed by atoms with Gasteiger partial charge in [-0.25, -0.2) is 4.79 Å². The maximum absolute atomic E-state index is 13.7. The molecule has 0 fully saturated rings. The summed E-state index contributed by atoms with van der Waals surface area (Å²) < 4.78 is 0. The van der Waals surface area contributed by atoms with E-state index in [4.69, 9.17) is 17.2 Å². The SMILES string of the molecule is CC(C)C[C@H](N)C(=O)N[C@@H](Cc1ccc(O)cc1)C(=O)N[C@@H](CCCN=C(N)N)C(=O)N[C@@H](C)C(=O)NCC(=O)Sc1ccc([N+](=O)[O-])c(C(=O)O)c1. The Bertz CT molecular complexity index is 1680. The molecule has 53 heavy (non-hydrogen) atoms. The molecule has 0 unspecified atom stereocenters. The van der Waals surface area contributed by atoms with Gasteiger partial charge in [-0.1, -0.05) is 37.7 Å². The zero-order chi connectivity index (χ0) is 39.8. The highest BCUT2D eigenvalue weighted by Crippen LogP contribution is 2.26. The molecule has 0 saturated carbocycles. The van der Waals surface area contributed by atoms with Crippen molar-refractivity contribution in [1.29, 1.82) is 0 Å². The fourth-order valence-corrected chi connectivity index (χ4v) is 5.50. The summed E-state index contributed by atoms with van der Waals surface area (Å²) in [7, 11) is 0. The van der Waals surface area contributed by atoms with Crippen molar-refractivity contribution in [1.82, 2.24) is 21.3 Å². The van der Waals surface area contributed by atoms with Crippen LogP contribution >= 0.6 is 11.8 Å². The van der Waals surface area contributed by atoms with Gasteiger partial charge >= 0.3 is 5.97 Å². The molecule has 0 aliphatic carbocycles. The molecule has 0 bridgehead atoms. The quantitative estimate of drug-likeness (QED) is 0.0212. The number of aliphatic imine (C=N–C) groups is 1. The van der Waals surface area contributed by atoms with Crippen LogP contribution in [0.3, 0.4) is 0 Å². The van der Waals surface area contributed by atoms with Gasteiger partial charge in [-0.05, 0) is 61.9 Å². The summed E-state index contributed by atoms with van der Waals surface area (Å²) in [6.07, 6.45) is 0.570. The molecule has 2 rings (SSSR count). The first-order valence-corrected chi connectivity index (χ1v) is 17.2. The first-order chi connectivity index (χ1) is 24.9. The standard InChI is InChI=1S/C33H45N9O10S/c1-17(2)13-23(34)29(46)41-25(14-19-6-8-20(43)9-7-19)31(48)40-24(5-4-12-37-33(35)36)30(47)39-18(3)28(45)38-16-27(44)53-21-10-11-26(42(51)52)22(15-21)32(49)50/h6-11,15,17-18,23-25,43H,4-5,12-14,16,34H2,1-3H3,(H,38,45)(H,39,47)(H,40,48)(H,41,46)(H,49,50)(H4,35,36,37)/t18-,23-,24-,25-/m0/s1. The van der Waals surface area contributed by atoms with Crippen molar-refractivity contribution in [3.05, 3.63) is 63.7 Å². The number of nitrogens with zero attached hydrogens (tertiary/aromatic N) is 2. The largest absolute Gasteiger partial charge is 0.508 e. The van der Waals surface area contributed by atoms with Gasteiger partial charge in [0.1, 0.15) is 29.4 Å². The second-order valence-electron chi connectivity index (χ2n) is 12.3. The molecule has 2 aromatic rings. The van der Waals surface area contributed by atoms with Gasteiger partial charge in [0.25, 0.3) is 5.69 Å². The molecule has 0 saturated heterocycles. The van der Waals surface area contributed by atoms with Crippen molar-refractivity contribution in [2.45, 2.75) is 75.5 Å². The maximum Gasteiger partial charge on any atom is 0.342 e. The Kier molecular flexibility index (Phi) is 17.1. The number of nitro groups is 1. The van der Waals surface area contributed by atoms with E-state index in [1.807, 2.05) is 13.8 Å². The van der Waals surface area contributed by atoms with E-state index in [1.165, 1.54) is 25.1 Å². The molecule has 0 aliphatic rings. The first kappa shape index (κ1) is 43.4. The molecule has 0 radical (unpaired) electrons. The van der Waals surface area contributed by atoms with Crippen LogP contribution in [0.25, 0.3) is 0 Å². The number of carboxylic acids is 1. The van der Waals surface area contributed by atoms with Crippen molar-refractivity contribution in [3.63, 3.8) is 0 Å². The van der Waals surface area contributed by atoms with Crippen LogP contribution < -0.4 is 38.5 Å². The van der Waals surface area contributed by atoms with Gasteiger partial charge < -0.3 is 48.7 Å². The number of aromatic carboxylic acids is 1. The Balaban J connectivity index is 2.15. The Morgan fingerprint density at radius 2 is 1.53 bits per heavy atom. The van der Waals surface area contributed by atoms with Gasteiger partial charge in [0.05, 0.1) is 17.5 Å². The van der Waals surface area contributed by atoms with Crippen molar-refractivity contribution in [2.24, 2.45) is 28.1 Å². The lowest BCUT2D eigenvalue weighted by Crippen LogP contribution is -2.58. The van der Waals surface area contributed by atoms with Gasteiger partial charge in [0.15, 0.2) is 5.96 Å². The van der Waals surface area contributed by atoms with Crippen LogP contribution in [-0.2, 0) is 30.4 Å². The first-order valence-electron chi connectivity index (χ1n) is 16.4. The number of aromatic hydroxyl groups is 1. The van der Waals surface area contributed by atoms with E-state index in [0.717, 1.165) is 12.1 Å². The van der Waals surface area contributed by atoms with Crippen LogP contribution in [0.1, 0.15) is 56.0 Å². The minimum absolute atomic E-state index is 0.00431. The number of thioether (sulfide) groups is 1. The molecule has 2 aromatic carbocycles. The fraction of sp³-hybridized carbons (Fsp3) is 0.424. The molecule has 19 nitrogen and oxygen atoms in total. The van der Waals surface area contributed by atoms with Gasteiger partial charge in [-0.15, -0.1) is 0 Å². The van der Waals surface area contributed by atoms with Crippen molar-refractivity contribution in [2.75, 3.05) is 13.1 Å². The smallest absolute Gasteiger partial charge is 0.342 e.